The molecule has 0 amide bonds. The summed E-state index contributed by atoms with van der Waals surface area (Å²) in [6, 6.07) is 66.2. The second kappa shape index (κ2) is 18.4. The first-order chi connectivity index (χ1) is 37.9. The molecule has 1 aromatic heterocycles. The number of benzene rings is 8. The first kappa shape index (κ1) is 52.6. The Hall–Kier alpha value is -6.82. The van der Waals surface area contributed by atoms with Crippen LogP contribution in [0, 0.1) is 0 Å². The molecule has 8 aromatic carbocycles. The van der Waals surface area contributed by atoms with E-state index in [9.17, 15) is 0 Å². The molecule has 2 aliphatic heterocycles. The normalized spacial score (nSPS) is 17.3. The van der Waals surface area contributed by atoms with Gasteiger partial charge in [-0.15, -0.1) is 11.3 Å². The van der Waals surface area contributed by atoms with E-state index in [-0.39, 0.29) is 39.2 Å². The van der Waals surface area contributed by atoms with E-state index in [1.54, 1.807) is 0 Å². The summed E-state index contributed by atoms with van der Waals surface area (Å²) in [5, 5.41) is 1.33. The van der Waals surface area contributed by atoms with Gasteiger partial charge in [0.25, 0.3) is 6.71 Å². The van der Waals surface area contributed by atoms with E-state index in [0.29, 0.717) is 6.54 Å². The zero-order chi connectivity index (χ0) is 56.1. The summed E-state index contributed by atoms with van der Waals surface area (Å²) in [6.07, 6.45) is 4.65. The summed E-state index contributed by atoms with van der Waals surface area (Å²) in [6.45, 7) is 34.7. The van der Waals surface area contributed by atoms with Crippen LogP contribution < -0.4 is 30.4 Å². The van der Waals surface area contributed by atoms with Crippen molar-refractivity contribution in [3.05, 3.63) is 209 Å². The van der Waals surface area contributed by atoms with Gasteiger partial charge in [0, 0.05) is 61.1 Å². The van der Waals surface area contributed by atoms with Crippen molar-refractivity contribution in [1.82, 2.24) is 0 Å². The summed E-state index contributed by atoms with van der Waals surface area (Å²) in [4.78, 5) is 8.00. The van der Waals surface area contributed by atoms with Crippen molar-refractivity contribution in [3.63, 3.8) is 0 Å². The fraction of sp³-hybridized carbons (Fsp3) is 0.333. The van der Waals surface area contributed by atoms with Crippen LogP contribution in [0.15, 0.2) is 170 Å². The van der Waals surface area contributed by atoms with Gasteiger partial charge in [0.05, 0.1) is 11.4 Å². The molecule has 0 saturated carbocycles. The average molecular weight is 1070 g/mol. The number of para-hydroxylation sites is 2. The molecule has 0 radical (unpaired) electrons. The molecule has 3 heterocycles. The molecule has 80 heavy (non-hydrogen) atoms. The van der Waals surface area contributed by atoms with Crippen LogP contribution in [0.5, 0.6) is 0 Å². The van der Waals surface area contributed by atoms with Gasteiger partial charge in [-0.1, -0.05) is 188 Å². The molecule has 0 spiro atoms. The Labute approximate surface area is 482 Å². The molecule has 2 aliphatic carbocycles. The number of rotatable bonds is 7. The second-order valence-electron chi connectivity index (χ2n) is 28.8. The van der Waals surface area contributed by atoms with Crippen LogP contribution in [-0.2, 0) is 39.0 Å². The monoisotopic (exact) mass is 1070 g/mol. The number of anilines is 8. The zero-order valence-corrected chi connectivity index (χ0v) is 50.8. The molecular formula is C75H80BN3S. The Kier molecular flexibility index (Phi) is 12.1. The SMILES string of the molecule is CC(C)(C)c1ccc(N2c3cc(CN(c4ccccc4)c4ccccc4)cc4c3B(c3cc5c(cc3N4c3ccc4c(c3)C(C)(C)CCC4(C)C)C(C)(C)CCC5(C)C)c3sc4ccc(C(C)(C)C)cc4c32)c(-c2ccccc2)c1. The van der Waals surface area contributed by atoms with Gasteiger partial charge in [0.15, 0.2) is 0 Å². The third-order valence-electron chi connectivity index (χ3n) is 19.3. The van der Waals surface area contributed by atoms with E-state index in [4.69, 9.17) is 0 Å². The van der Waals surface area contributed by atoms with Gasteiger partial charge in [-0.05, 0) is 192 Å². The first-order valence-corrected chi connectivity index (χ1v) is 30.5. The molecule has 4 aliphatic rings. The number of nitrogens with zero attached hydrogens (tertiary/aromatic N) is 3. The van der Waals surface area contributed by atoms with Crippen LogP contribution >= 0.6 is 11.3 Å². The molecule has 5 heteroatoms. The van der Waals surface area contributed by atoms with Crippen LogP contribution in [0.4, 0.5) is 45.5 Å². The molecule has 13 rings (SSSR count). The van der Waals surface area contributed by atoms with Gasteiger partial charge >= 0.3 is 0 Å². The maximum absolute atomic E-state index is 2.75. The molecule has 404 valence electrons. The van der Waals surface area contributed by atoms with Crippen molar-refractivity contribution in [1.29, 1.82) is 0 Å². The fourth-order valence-corrected chi connectivity index (χ4v) is 15.5. The third-order valence-corrected chi connectivity index (χ3v) is 20.5. The predicted molar refractivity (Wildman–Crippen MR) is 348 cm³/mol. The summed E-state index contributed by atoms with van der Waals surface area (Å²) in [5.74, 6) is 0. The molecule has 0 atom stereocenters. The van der Waals surface area contributed by atoms with Crippen molar-refractivity contribution >= 4 is 89.3 Å². The number of hydrogen-bond acceptors (Lipinski definition) is 4. The van der Waals surface area contributed by atoms with Gasteiger partial charge in [-0.3, -0.25) is 0 Å². The van der Waals surface area contributed by atoms with Crippen molar-refractivity contribution in [2.75, 3.05) is 14.7 Å². The van der Waals surface area contributed by atoms with E-state index in [1.807, 2.05) is 11.3 Å². The van der Waals surface area contributed by atoms with Crippen molar-refractivity contribution in [2.24, 2.45) is 0 Å². The number of fused-ring (bicyclic) bond motifs is 8. The van der Waals surface area contributed by atoms with Gasteiger partial charge < -0.3 is 14.7 Å². The minimum absolute atomic E-state index is 0.00905. The van der Waals surface area contributed by atoms with Crippen LogP contribution in [0.2, 0.25) is 0 Å². The Bertz CT molecular complexity index is 3870. The molecule has 0 fully saturated rings. The summed E-state index contributed by atoms with van der Waals surface area (Å²) in [5.41, 5.74) is 25.1. The maximum atomic E-state index is 2.75. The molecule has 0 saturated heterocycles. The highest BCUT2D eigenvalue weighted by Crippen LogP contribution is 2.55. The number of thiophene rings is 1. The van der Waals surface area contributed by atoms with Crippen LogP contribution in [-0.4, -0.2) is 6.71 Å². The average Bonchev–Trinajstić information content (AvgIpc) is 1.79. The topological polar surface area (TPSA) is 9.72 Å². The van der Waals surface area contributed by atoms with Gasteiger partial charge in [0.2, 0.25) is 0 Å². The molecular weight excluding hydrogens is 986 g/mol. The van der Waals surface area contributed by atoms with Gasteiger partial charge in [-0.25, -0.2) is 0 Å². The first-order valence-electron chi connectivity index (χ1n) is 29.7. The van der Waals surface area contributed by atoms with E-state index in [1.165, 1.54) is 128 Å². The van der Waals surface area contributed by atoms with Crippen LogP contribution in [0.1, 0.15) is 162 Å². The minimum Gasteiger partial charge on any atom is -0.337 e. The maximum Gasteiger partial charge on any atom is 0.264 e. The summed E-state index contributed by atoms with van der Waals surface area (Å²) in [7, 11) is 0. The van der Waals surface area contributed by atoms with Gasteiger partial charge in [0.1, 0.15) is 0 Å². The standard InChI is InChI=1S/C75H80BN3S/c1-70(2,3)50-30-34-62(55(42-50)49-24-18-15-19-25-49)79-65-41-48(47-77(52-26-20-16-21-27-52)53-28-22-17-23-29-53)40-64-67(65)76(69-68(79)56-43-51(71(4,5)6)31-35-66(56)80-69)61-45-59-60(75(13,14)39-38-74(59,11)12)46-63(61)78(64)54-32-33-57-58(44-54)73(9,10)37-36-72(57,7)8/h15-35,40-46H,36-39,47H2,1-14H3. The third kappa shape index (κ3) is 8.58. The quantitative estimate of drug-likeness (QED) is 0.147. The lowest BCUT2D eigenvalue weighted by molar-refractivity contribution is 0.332. The molecule has 9 aromatic rings. The van der Waals surface area contributed by atoms with E-state index in [0.717, 1.165) is 19.3 Å². The smallest absolute Gasteiger partial charge is 0.264 e. The van der Waals surface area contributed by atoms with E-state index < -0.39 is 0 Å². The summed E-state index contributed by atoms with van der Waals surface area (Å²) >= 11 is 2.02. The predicted octanol–water partition coefficient (Wildman–Crippen LogP) is 19.3. The molecule has 3 nitrogen and oxygen atoms in total. The van der Waals surface area contributed by atoms with Gasteiger partial charge in [-0.2, -0.15) is 0 Å². The van der Waals surface area contributed by atoms with Crippen molar-refractivity contribution in [2.45, 2.75) is 162 Å². The highest BCUT2D eigenvalue weighted by Gasteiger charge is 2.49. The highest BCUT2D eigenvalue weighted by molar-refractivity contribution is 7.33. The lowest BCUT2D eigenvalue weighted by Crippen LogP contribution is -2.61. The minimum atomic E-state index is -0.0569. The lowest BCUT2D eigenvalue weighted by Gasteiger charge is -2.48. The largest absolute Gasteiger partial charge is 0.337 e. The number of hydrogen-bond donors (Lipinski definition) is 0. The second-order valence-corrected chi connectivity index (χ2v) is 29.8. The fourth-order valence-electron chi connectivity index (χ4n) is 14.2. The van der Waals surface area contributed by atoms with Crippen LogP contribution in [0.3, 0.4) is 0 Å². The van der Waals surface area contributed by atoms with Crippen molar-refractivity contribution < 1.29 is 0 Å². The summed E-state index contributed by atoms with van der Waals surface area (Å²) < 4.78 is 2.75. The molecule has 0 bridgehead atoms. The van der Waals surface area contributed by atoms with Crippen LogP contribution in [0.25, 0.3) is 21.2 Å². The Morgan fingerprint density at radius 1 is 0.475 bits per heavy atom. The van der Waals surface area contributed by atoms with Crippen molar-refractivity contribution in [3.8, 4) is 11.1 Å². The lowest BCUT2D eigenvalue weighted by atomic mass is 9.35. The Morgan fingerprint density at radius 3 is 1.57 bits per heavy atom. The zero-order valence-electron chi connectivity index (χ0n) is 50.0. The highest BCUT2D eigenvalue weighted by atomic mass is 32.1. The Balaban J connectivity index is 1.20. The Morgan fingerprint density at radius 2 is 0.988 bits per heavy atom. The van der Waals surface area contributed by atoms with E-state index in [2.05, 4.69) is 281 Å². The molecule has 0 unspecified atom stereocenters. The molecule has 0 N–H and O–H groups in total. The van der Waals surface area contributed by atoms with E-state index >= 15 is 0 Å².